The zero-order chi connectivity index (χ0) is 14.1. The van der Waals surface area contributed by atoms with E-state index in [0.717, 1.165) is 6.54 Å². The number of halogens is 1. The minimum Gasteiger partial charge on any atom is -1.00 e. The van der Waals surface area contributed by atoms with E-state index in [-0.39, 0.29) is 17.0 Å². The molecule has 3 aromatic carbocycles. The minimum absolute atomic E-state index is 0. The third kappa shape index (κ3) is 2.62. The maximum Gasteiger partial charge on any atom is 0.213 e. The molecule has 0 amide bonds. The summed E-state index contributed by atoms with van der Waals surface area (Å²) in [6, 6.07) is 27.8. The average molecular weight is 350 g/mol. The first-order chi connectivity index (χ1) is 10.4. The summed E-state index contributed by atoms with van der Waals surface area (Å²) in [7, 11) is 0. The summed E-state index contributed by atoms with van der Waals surface area (Å²) in [4.78, 5) is 0. The van der Waals surface area contributed by atoms with E-state index in [1.807, 2.05) is 0 Å². The van der Waals surface area contributed by atoms with Crippen molar-refractivity contribution in [2.24, 2.45) is 0 Å². The van der Waals surface area contributed by atoms with Crippen molar-refractivity contribution in [3.63, 3.8) is 0 Å². The van der Waals surface area contributed by atoms with Crippen LogP contribution in [0.2, 0.25) is 0 Å². The van der Waals surface area contributed by atoms with Crippen LogP contribution in [0.15, 0.2) is 85.1 Å². The lowest BCUT2D eigenvalue weighted by Crippen LogP contribution is -3.00. The summed E-state index contributed by atoms with van der Waals surface area (Å²) in [6.45, 7) is 0.895. The van der Waals surface area contributed by atoms with Gasteiger partial charge in [-0.3, -0.25) is 0 Å². The van der Waals surface area contributed by atoms with Crippen molar-refractivity contribution in [3.8, 4) is 0 Å². The van der Waals surface area contributed by atoms with Gasteiger partial charge in [-0.25, -0.2) is 0 Å². The number of rotatable bonds is 2. The largest absolute Gasteiger partial charge is 1.00 e. The molecule has 0 aliphatic carbocycles. The highest BCUT2D eigenvalue weighted by atomic mass is 79.9. The molecule has 0 aliphatic rings. The monoisotopic (exact) mass is 349 g/mol. The fraction of sp³-hybridized carbons (Fsp3) is 0.0500. The first-order valence-corrected chi connectivity index (χ1v) is 7.26. The fourth-order valence-electron chi connectivity index (χ4n) is 2.96. The Kier molecular flexibility index (Phi) is 4.21. The minimum atomic E-state index is 0. The summed E-state index contributed by atoms with van der Waals surface area (Å²) >= 11 is 0. The Hall–Kier alpha value is -2.19. The standard InChI is InChI=1S/C20H16N.BrH/c1-2-8-16(9-3-1)14-21-15-17-10-4-5-11-18(17)19-12-6-7-13-20(19)21;/h1-13,15H,14H2;1H/q+1;/p-1. The lowest BCUT2D eigenvalue weighted by Gasteiger charge is -2.05. The quantitative estimate of drug-likeness (QED) is 0.379. The molecule has 4 aromatic rings. The molecule has 1 nitrogen and oxygen atoms in total. The lowest BCUT2D eigenvalue weighted by molar-refractivity contribution is -0.661. The van der Waals surface area contributed by atoms with Crippen molar-refractivity contribution in [1.82, 2.24) is 0 Å². The van der Waals surface area contributed by atoms with Crippen LogP contribution in [0.5, 0.6) is 0 Å². The molecule has 4 rings (SSSR count). The molecule has 0 unspecified atom stereocenters. The fourth-order valence-corrected chi connectivity index (χ4v) is 2.96. The first kappa shape index (κ1) is 14.7. The molecule has 1 heterocycles. The molecule has 0 bridgehead atoms. The molecule has 108 valence electrons. The molecule has 0 saturated heterocycles. The zero-order valence-electron chi connectivity index (χ0n) is 12.1. The van der Waals surface area contributed by atoms with Crippen LogP contribution in [0.25, 0.3) is 21.7 Å². The Morgan fingerprint density at radius 2 is 1.27 bits per heavy atom. The molecule has 1 aromatic heterocycles. The van der Waals surface area contributed by atoms with Crippen molar-refractivity contribution in [3.05, 3.63) is 90.6 Å². The smallest absolute Gasteiger partial charge is 0.213 e. The normalized spacial score (nSPS) is 10.5. The number of para-hydroxylation sites is 1. The summed E-state index contributed by atoms with van der Waals surface area (Å²) in [5.74, 6) is 0. The second kappa shape index (κ2) is 6.29. The van der Waals surface area contributed by atoms with Gasteiger partial charge >= 0.3 is 0 Å². The van der Waals surface area contributed by atoms with Gasteiger partial charge in [0, 0.05) is 22.4 Å². The van der Waals surface area contributed by atoms with Gasteiger partial charge in [-0.1, -0.05) is 60.7 Å². The molecule has 0 saturated carbocycles. The Morgan fingerprint density at radius 1 is 0.636 bits per heavy atom. The van der Waals surface area contributed by atoms with Gasteiger partial charge in [-0.05, 0) is 12.1 Å². The topological polar surface area (TPSA) is 3.88 Å². The van der Waals surface area contributed by atoms with Crippen molar-refractivity contribution < 1.29 is 21.5 Å². The second-order valence-corrected chi connectivity index (χ2v) is 5.35. The third-order valence-corrected chi connectivity index (χ3v) is 3.96. The van der Waals surface area contributed by atoms with Crippen molar-refractivity contribution in [1.29, 1.82) is 0 Å². The molecule has 0 atom stereocenters. The summed E-state index contributed by atoms with van der Waals surface area (Å²) in [5, 5.41) is 3.91. The summed E-state index contributed by atoms with van der Waals surface area (Å²) in [5.41, 5.74) is 2.60. The van der Waals surface area contributed by atoms with Crippen LogP contribution in [-0.4, -0.2) is 0 Å². The maximum absolute atomic E-state index is 2.34. The molecule has 0 N–H and O–H groups in total. The summed E-state index contributed by atoms with van der Waals surface area (Å²) < 4.78 is 2.34. The van der Waals surface area contributed by atoms with E-state index in [2.05, 4.69) is 89.6 Å². The van der Waals surface area contributed by atoms with Gasteiger partial charge in [0.15, 0.2) is 12.7 Å². The Morgan fingerprint density at radius 3 is 2.09 bits per heavy atom. The van der Waals surface area contributed by atoms with Crippen LogP contribution in [0, 0.1) is 0 Å². The maximum atomic E-state index is 2.34. The van der Waals surface area contributed by atoms with Gasteiger partial charge in [-0.15, -0.1) is 0 Å². The van der Waals surface area contributed by atoms with Gasteiger partial charge < -0.3 is 17.0 Å². The van der Waals surface area contributed by atoms with E-state index in [0.29, 0.717) is 0 Å². The van der Waals surface area contributed by atoms with Crippen LogP contribution >= 0.6 is 0 Å². The van der Waals surface area contributed by atoms with Crippen LogP contribution in [0.3, 0.4) is 0 Å². The number of nitrogens with zero attached hydrogens (tertiary/aromatic N) is 1. The summed E-state index contributed by atoms with van der Waals surface area (Å²) in [6.07, 6.45) is 2.25. The zero-order valence-corrected chi connectivity index (χ0v) is 13.7. The molecule has 0 aliphatic heterocycles. The number of fused-ring (bicyclic) bond motifs is 3. The first-order valence-electron chi connectivity index (χ1n) is 7.26. The van der Waals surface area contributed by atoms with E-state index in [1.165, 1.54) is 27.2 Å². The van der Waals surface area contributed by atoms with Gasteiger partial charge in [0.2, 0.25) is 5.52 Å². The van der Waals surface area contributed by atoms with E-state index in [1.54, 1.807) is 0 Å². The van der Waals surface area contributed by atoms with Crippen LogP contribution in [0.4, 0.5) is 0 Å². The molecular weight excluding hydrogens is 334 g/mol. The number of aromatic nitrogens is 1. The highest BCUT2D eigenvalue weighted by Crippen LogP contribution is 2.22. The molecule has 0 radical (unpaired) electrons. The van der Waals surface area contributed by atoms with E-state index in [4.69, 9.17) is 0 Å². The Labute approximate surface area is 140 Å². The predicted molar refractivity (Wildman–Crippen MR) is 87.2 cm³/mol. The molecular formula is C20H16BrN. The van der Waals surface area contributed by atoms with Gasteiger partial charge in [0.1, 0.15) is 0 Å². The van der Waals surface area contributed by atoms with E-state index >= 15 is 0 Å². The molecule has 22 heavy (non-hydrogen) atoms. The van der Waals surface area contributed by atoms with Crippen molar-refractivity contribution in [2.75, 3.05) is 0 Å². The number of pyridine rings is 1. The van der Waals surface area contributed by atoms with Crippen LogP contribution < -0.4 is 21.5 Å². The molecule has 0 spiro atoms. The van der Waals surface area contributed by atoms with Gasteiger partial charge in [0.25, 0.3) is 0 Å². The Balaban J connectivity index is 0.00000144. The second-order valence-electron chi connectivity index (χ2n) is 5.35. The Bertz CT molecular complexity index is 916. The third-order valence-electron chi connectivity index (χ3n) is 3.96. The van der Waals surface area contributed by atoms with Gasteiger partial charge in [0.05, 0.1) is 5.39 Å². The van der Waals surface area contributed by atoms with Crippen LogP contribution in [0.1, 0.15) is 5.56 Å². The highest BCUT2D eigenvalue weighted by molar-refractivity contribution is 6.03. The molecule has 0 fully saturated rings. The lowest BCUT2D eigenvalue weighted by atomic mass is 10.1. The van der Waals surface area contributed by atoms with Gasteiger partial charge in [-0.2, -0.15) is 4.57 Å². The SMILES string of the molecule is [Br-].c1ccc(C[n+]2cc3ccccc3c3ccccc32)cc1. The number of benzene rings is 3. The number of hydrogen-bond acceptors (Lipinski definition) is 0. The van der Waals surface area contributed by atoms with E-state index < -0.39 is 0 Å². The molecule has 2 heteroatoms. The number of hydrogen-bond donors (Lipinski definition) is 0. The van der Waals surface area contributed by atoms with Crippen molar-refractivity contribution >= 4 is 21.7 Å². The van der Waals surface area contributed by atoms with Crippen LogP contribution in [-0.2, 0) is 6.54 Å². The predicted octanol–water partition coefficient (Wildman–Crippen LogP) is 1.33. The van der Waals surface area contributed by atoms with Crippen molar-refractivity contribution in [2.45, 2.75) is 6.54 Å². The highest BCUT2D eigenvalue weighted by Gasteiger charge is 2.12. The van der Waals surface area contributed by atoms with E-state index in [9.17, 15) is 0 Å². The average Bonchev–Trinajstić information content (AvgIpc) is 2.56.